The third kappa shape index (κ3) is 3.64. The zero-order valence-electron chi connectivity index (χ0n) is 14.6. The van der Waals surface area contributed by atoms with Crippen molar-refractivity contribution in [1.82, 2.24) is 9.62 Å². The van der Waals surface area contributed by atoms with Gasteiger partial charge in [-0.2, -0.15) is 0 Å². The van der Waals surface area contributed by atoms with Crippen molar-refractivity contribution in [3.8, 4) is 0 Å². The fraction of sp³-hybridized carbons (Fsp3) is 0.316. The van der Waals surface area contributed by atoms with Crippen LogP contribution < -0.4 is 5.32 Å². The van der Waals surface area contributed by atoms with E-state index in [1.165, 1.54) is 26.2 Å². The van der Waals surface area contributed by atoms with Gasteiger partial charge in [0.25, 0.3) is 0 Å². The second-order valence-corrected chi connectivity index (χ2v) is 8.70. The van der Waals surface area contributed by atoms with Crippen molar-refractivity contribution in [2.75, 3.05) is 14.1 Å². The summed E-state index contributed by atoms with van der Waals surface area (Å²) in [5, 5.41) is 2.79. The Morgan fingerprint density at radius 1 is 1.15 bits per heavy atom. The van der Waals surface area contributed by atoms with Crippen LogP contribution in [0.3, 0.4) is 0 Å². The standard InChI is InChI=1S/C19H21FN2O3S/c1-22(2)26(24,25)18-10-6-3-7-13(18)12-21-19(23)16-11-15(16)14-8-4-5-9-17(14)20/h3-10,15-16H,11-12H2,1-2H3,(H,21,23)/t15-,16-/m0/s1. The van der Waals surface area contributed by atoms with E-state index in [2.05, 4.69) is 5.32 Å². The number of amides is 1. The molecule has 2 aromatic carbocycles. The van der Waals surface area contributed by atoms with Crippen molar-refractivity contribution < 1.29 is 17.6 Å². The van der Waals surface area contributed by atoms with E-state index in [0.717, 1.165) is 4.31 Å². The van der Waals surface area contributed by atoms with Gasteiger partial charge in [-0.3, -0.25) is 4.79 Å². The summed E-state index contributed by atoms with van der Waals surface area (Å²) < 4.78 is 39.7. The molecule has 1 aliphatic rings. The Morgan fingerprint density at radius 3 is 2.50 bits per heavy atom. The number of carbonyl (C=O) groups is 1. The number of nitrogens with zero attached hydrogens (tertiary/aromatic N) is 1. The van der Waals surface area contributed by atoms with Crippen molar-refractivity contribution >= 4 is 15.9 Å². The zero-order chi connectivity index (χ0) is 18.9. The van der Waals surface area contributed by atoms with Crippen LogP contribution in [0, 0.1) is 11.7 Å². The van der Waals surface area contributed by atoms with Crippen molar-refractivity contribution in [3.63, 3.8) is 0 Å². The summed E-state index contributed by atoms with van der Waals surface area (Å²) in [6, 6.07) is 13.1. The number of halogens is 1. The topological polar surface area (TPSA) is 66.5 Å². The van der Waals surface area contributed by atoms with Crippen LogP contribution >= 0.6 is 0 Å². The fourth-order valence-electron chi connectivity index (χ4n) is 3.02. The first-order valence-electron chi connectivity index (χ1n) is 8.35. The predicted octanol–water partition coefficient (Wildman–Crippen LogP) is 2.50. The molecule has 0 unspecified atom stereocenters. The summed E-state index contributed by atoms with van der Waals surface area (Å²) in [5.74, 6) is -0.869. The smallest absolute Gasteiger partial charge is 0.242 e. The molecular formula is C19H21FN2O3S. The number of hydrogen-bond acceptors (Lipinski definition) is 3. The maximum Gasteiger partial charge on any atom is 0.242 e. The highest BCUT2D eigenvalue weighted by Crippen LogP contribution is 2.48. The van der Waals surface area contributed by atoms with Gasteiger partial charge in [-0.25, -0.2) is 17.1 Å². The maximum atomic E-state index is 13.8. The molecule has 0 aliphatic heterocycles. The molecule has 2 atom stereocenters. The molecule has 7 heteroatoms. The molecule has 2 aromatic rings. The first-order chi connectivity index (χ1) is 12.3. The monoisotopic (exact) mass is 376 g/mol. The minimum absolute atomic E-state index is 0.114. The Kier molecular flexibility index (Phi) is 5.11. The van der Waals surface area contributed by atoms with Crippen LogP contribution in [0.1, 0.15) is 23.5 Å². The van der Waals surface area contributed by atoms with Gasteiger partial charge < -0.3 is 5.32 Å². The molecule has 3 rings (SSSR count). The summed E-state index contributed by atoms with van der Waals surface area (Å²) in [6.07, 6.45) is 0.602. The van der Waals surface area contributed by atoms with Crippen LogP contribution in [0.2, 0.25) is 0 Å². The largest absolute Gasteiger partial charge is 0.352 e. The lowest BCUT2D eigenvalue weighted by molar-refractivity contribution is -0.122. The molecule has 1 N–H and O–H groups in total. The second-order valence-electron chi connectivity index (χ2n) is 6.58. The van der Waals surface area contributed by atoms with E-state index in [-0.39, 0.29) is 35.0 Å². The minimum Gasteiger partial charge on any atom is -0.352 e. The molecule has 0 bridgehead atoms. The summed E-state index contributed by atoms with van der Waals surface area (Å²) in [6.45, 7) is 0.114. The number of rotatable bonds is 6. The van der Waals surface area contributed by atoms with E-state index >= 15 is 0 Å². The molecule has 0 heterocycles. The van der Waals surface area contributed by atoms with Crippen LogP contribution in [-0.2, 0) is 21.4 Å². The number of carbonyl (C=O) groups excluding carboxylic acids is 1. The quantitative estimate of drug-likeness (QED) is 0.842. The summed E-state index contributed by atoms with van der Waals surface area (Å²) in [4.78, 5) is 12.5. The zero-order valence-corrected chi connectivity index (χ0v) is 15.5. The van der Waals surface area contributed by atoms with Crippen LogP contribution in [0.15, 0.2) is 53.4 Å². The van der Waals surface area contributed by atoms with E-state index in [4.69, 9.17) is 0 Å². The third-order valence-electron chi connectivity index (χ3n) is 4.62. The highest BCUT2D eigenvalue weighted by atomic mass is 32.2. The van der Waals surface area contributed by atoms with Crippen molar-refractivity contribution in [2.45, 2.75) is 23.8 Å². The molecule has 1 saturated carbocycles. The van der Waals surface area contributed by atoms with Crippen molar-refractivity contribution in [3.05, 3.63) is 65.5 Å². The van der Waals surface area contributed by atoms with Gasteiger partial charge in [0.15, 0.2) is 0 Å². The molecule has 1 aliphatic carbocycles. The summed E-state index contributed by atoms with van der Waals surface area (Å²) in [5.41, 5.74) is 1.08. The van der Waals surface area contributed by atoms with E-state index in [0.29, 0.717) is 17.5 Å². The lowest BCUT2D eigenvalue weighted by Gasteiger charge is -2.15. The molecule has 0 spiro atoms. The second kappa shape index (κ2) is 7.17. The lowest BCUT2D eigenvalue weighted by Crippen LogP contribution is -2.28. The molecule has 1 fully saturated rings. The van der Waals surface area contributed by atoms with Gasteiger partial charge in [-0.1, -0.05) is 36.4 Å². The first kappa shape index (κ1) is 18.5. The lowest BCUT2D eigenvalue weighted by atomic mass is 10.1. The normalized spacial score (nSPS) is 19.4. The van der Waals surface area contributed by atoms with Crippen LogP contribution in [0.4, 0.5) is 4.39 Å². The van der Waals surface area contributed by atoms with Crippen LogP contribution in [0.5, 0.6) is 0 Å². The fourth-order valence-corrected chi connectivity index (χ4v) is 4.13. The molecule has 0 aromatic heterocycles. The highest BCUT2D eigenvalue weighted by Gasteiger charge is 2.45. The van der Waals surface area contributed by atoms with Crippen LogP contribution in [0.25, 0.3) is 0 Å². The minimum atomic E-state index is -3.59. The Hall–Kier alpha value is -2.25. The average molecular weight is 376 g/mol. The first-order valence-corrected chi connectivity index (χ1v) is 9.79. The van der Waals surface area contributed by atoms with E-state index in [1.807, 2.05) is 0 Å². The average Bonchev–Trinajstić information content (AvgIpc) is 3.40. The van der Waals surface area contributed by atoms with Crippen molar-refractivity contribution in [1.29, 1.82) is 0 Å². The predicted molar refractivity (Wildman–Crippen MR) is 96.4 cm³/mol. The van der Waals surface area contributed by atoms with E-state index in [9.17, 15) is 17.6 Å². The van der Waals surface area contributed by atoms with Crippen molar-refractivity contribution in [2.24, 2.45) is 5.92 Å². The molecule has 0 saturated heterocycles. The Bertz CT molecular complexity index is 928. The van der Waals surface area contributed by atoms with Crippen LogP contribution in [-0.4, -0.2) is 32.7 Å². The van der Waals surface area contributed by atoms with Gasteiger partial charge in [0.1, 0.15) is 5.82 Å². The number of sulfonamides is 1. The van der Waals surface area contributed by atoms with Gasteiger partial charge in [-0.15, -0.1) is 0 Å². The summed E-state index contributed by atoms with van der Waals surface area (Å²) in [7, 11) is -0.655. The summed E-state index contributed by atoms with van der Waals surface area (Å²) >= 11 is 0. The van der Waals surface area contributed by atoms with Gasteiger partial charge in [0, 0.05) is 26.6 Å². The Balaban J connectivity index is 1.68. The SMILES string of the molecule is CN(C)S(=O)(=O)c1ccccc1CNC(=O)[C@H]1C[C@H]1c1ccccc1F. The third-order valence-corrected chi connectivity index (χ3v) is 6.53. The molecule has 0 radical (unpaired) electrons. The molecule has 1 amide bonds. The molecule has 138 valence electrons. The Labute approximate surface area is 152 Å². The number of hydrogen-bond donors (Lipinski definition) is 1. The molecular weight excluding hydrogens is 355 g/mol. The molecule has 26 heavy (non-hydrogen) atoms. The van der Waals surface area contributed by atoms with E-state index in [1.54, 1.807) is 36.4 Å². The number of nitrogens with one attached hydrogen (secondary N) is 1. The van der Waals surface area contributed by atoms with Gasteiger partial charge in [0.05, 0.1) is 4.90 Å². The molecule has 5 nitrogen and oxygen atoms in total. The number of benzene rings is 2. The highest BCUT2D eigenvalue weighted by molar-refractivity contribution is 7.89. The maximum absolute atomic E-state index is 13.8. The van der Waals surface area contributed by atoms with Gasteiger partial charge in [-0.05, 0) is 35.6 Å². The van der Waals surface area contributed by atoms with Gasteiger partial charge >= 0.3 is 0 Å². The Morgan fingerprint density at radius 2 is 1.81 bits per heavy atom. The van der Waals surface area contributed by atoms with E-state index < -0.39 is 10.0 Å². The van der Waals surface area contributed by atoms with Gasteiger partial charge in [0.2, 0.25) is 15.9 Å².